The molecule has 0 N–H and O–H groups in total. The third-order valence-electron chi connectivity index (χ3n) is 3.37. The van der Waals surface area contributed by atoms with Gasteiger partial charge in [-0.15, -0.1) is 0 Å². The molecular weight excluding hydrogens is 240 g/mol. The predicted molar refractivity (Wildman–Crippen MR) is 89.3 cm³/mol. The maximum Gasteiger partial charge on any atom is -0.0181 e. The molecule has 0 amide bonds. The van der Waals surface area contributed by atoms with E-state index in [0.29, 0.717) is 0 Å². The first-order valence-electron chi connectivity index (χ1n) is 7.05. The number of benzene rings is 3. The van der Waals surface area contributed by atoms with Crippen molar-refractivity contribution in [3.63, 3.8) is 0 Å². The lowest BCUT2D eigenvalue weighted by Crippen LogP contribution is -1.76. The van der Waals surface area contributed by atoms with Crippen molar-refractivity contribution in [2.45, 2.75) is 27.7 Å². The van der Waals surface area contributed by atoms with Crippen molar-refractivity contribution in [1.82, 2.24) is 0 Å². The molecule has 3 aromatic rings. The molecule has 0 radical (unpaired) electrons. The summed E-state index contributed by atoms with van der Waals surface area (Å²) in [5.74, 6) is 0. The van der Waals surface area contributed by atoms with Crippen molar-refractivity contribution in [1.29, 1.82) is 0 Å². The van der Waals surface area contributed by atoms with Crippen molar-refractivity contribution in [2.24, 2.45) is 0 Å². The number of hydrogen-bond acceptors (Lipinski definition) is 0. The van der Waals surface area contributed by atoms with Gasteiger partial charge in [-0.05, 0) is 38.5 Å². The van der Waals surface area contributed by atoms with Crippen LogP contribution in [0.15, 0.2) is 60.7 Å². The molecule has 0 fully saturated rings. The summed E-state index contributed by atoms with van der Waals surface area (Å²) in [5.41, 5.74) is 5.31. The first-order valence-corrected chi connectivity index (χ1v) is 7.05. The molecule has 102 valence electrons. The van der Waals surface area contributed by atoms with Crippen LogP contribution in [-0.4, -0.2) is 0 Å². The normalized spacial score (nSPS) is 10.0. The van der Waals surface area contributed by atoms with E-state index < -0.39 is 0 Å². The first-order chi connectivity index (χ1) is 9.54. The maximum atomic E-state index is 2.22. The average molecular weight is 262 g/mol. The Bertz CT molecular complexity index is 629. The molecule has 0 aromatic heterocycles. The summed E-state index contributed by atoms with van der Waals surface area (Å²) in [6, 6.07) is 21.6. The van der Waals surface area contributed by atoms with Crippen LogP contribution < -0.4 is 0 Å². The fourth-order valence-electron chi connectivity index (χ4n) is 2.12. The van der Waals surface area contributed by atoms with Crippen molar-refractivity contribution >= 4 is 10.8 Å². The van der Waals surface area contributed by atoms with Crippen LogP contribution in [0.2, 0.25) is 0 Å². The third kappa shape index (κ3) is 3.96. The molecule has 0 aliphatic carbocycles. The van der Waals surface area contributed by atoms with Gasteiger partial charge < -0.3 is 0 Å². The monoisotopic (exact) mass is 262 g/mol. The van der Waals surface area contributed by atoms with Crippen LogP contribution in [-0.2, 0) is 0 Å². The minimum atomic E-state index is 1.33. The number of aryl methyl sites for hydroxylation is 4. The van der Waals surface area contributed by atoms with Crippen molar-refractivity contribution < 1.29 is 0 Å². The summed E-state index contributed by atoms with van der Waals surface area (Å²) in [6.07, 6.45) is 0. The first kappa shape index (κ1) is 14.3. The second-order valence-electron chi connectivity index (χ2n) is 5.51. The molecule has 0 aliphatic rings. The van der Waals surface area contributed by atoms with Gasteiger partial charge in [0.1, 0.15) is 0 Å². The van der Waals surface area contributed by atoms with Gasteiger partial charge in [-0.3, -0.25) is 0 Å². The largest absolute Gasteiger partial charge is 0.0591 e. The van der Waals surface area contributed by atoms with Crippen LogP contribution in [0.1, 0.15) is 22.3 Å². The molecule has 0 atom stereocenters. The van der Waals surface area contributed by atoms with E-state index in [0.717, 1.165) is 0 Å². The van der Waals surface area contributed by atoms with Gasteiger partial charge in [0.25, 0.3) is 0 Å². The molecule has 0 bridgehead atoms. The molecule has 3 aromatic carbocycles. The molecule has 0 heteroatoms. The predicted octanol–water partition coefficient (Wildman–Crippen LogP) is 5.76. The molecule has 0 saturated heterocycles. The van der Waals surface area contributed by atoms with E-state index in [1.165, 1.54) is 33.0 Å². The Balaban J connectivity index is 0.000000160. The Morgan fingerprint density at radius 3 is 1.05 bits per heavy atom. The van der Waals surface area contributed by atoms with Gasteiger partial charge in [0.2, 0.25) is 0 Å². The fraction of sp³-hybridized carbons (Fsp3) is 0.200. The zero-order valence-corrected chi connectivity index (χ0v) is 12.8. The lowest BCUT2D eigenvalue weighted by Gasteiger charge is -1.99. The van der Waals surface area contributed by atoms with Crippen LogP contribution in [0, 0.1) is 27.7 Å². The quantitative estimate of drug-likeness (QED) is 0.483. The smallest absolute Gasteiger partial charge is 0.0181 e. The molecule has 3 rings (SSSR count). The van der Waals surface area contributed by atoms with Crippen LogP contribution in [0.3, 0.4) is 0 Å². The second-order valence-corrected chi connectivity index (χ2v) is 5.51. The van der Waals surface area contributed by atoms with Gasteiger partial charge >= 0.3 is 0 Å². The highest BCUT2D eigenvalue weighted by molar-refractivity contribution is 5.83. The van der Waals surface area contributed by atoms with E-state index in [2.05, 4.69) is 88.4 Å². The highest BCUT2D eigenvalue weighted by Crippen LogP contribution is 2.16. The third-order valence-corrected chi connectivity index (χ3v) is 3.37. The second kappa shape index (κ2) is 6.38. The van der Waals surface area contributed by atoms with Gasteiger partial charge in [-0.2, -0.15) is 0 Å². The SMILES string of the molecule is Cc1ccc(C)cc1.Cc1ccc2cc(C)ccc2c1. The van der Waals surface area contributed by atoms with E-state index >= 15 is 0 Å². The zero-order valence-electron chi connectivity index (χ0n) is 12.8. The van der Waals surface area contributed by atoms with Crippen LogP contribution in [0.5, 0.6) is 0 Å². The Labute approximate surface area is 122 Å². The molecule has 0 saturated carbocycles. The minimum Gasteiger partial charge on any atom is -0.0591 e. The Morgan fingerprint density at radius 1 is 0.400 bits per heavy atom. The van der Waals surface area contributed by atoms with E-state index in [1.807, 2.05) is 0 Å². The summed E-state index contributed by atoms with van der Waals surface area (Å²) in [5, 5.41) is 2.67. The standard InChI is InChI=1S/C12H12.C8H10/c1-9-3-5-12-8-10(2)4-6-11(12)7-9;1-7-3-5-8(2)6-4-7/h3-8H,1-2H3;3-6H,1-2H3. The van der Waals surface area contributed by atoms with Gasteiger partial charge in [0.05, 0.1) is 0 Å². The van der Waals surface area contributed by atoms with Gasteiger partial charge in [-0.25, -0.2) is 0 Å². The molecular formula is C20H22. The van der Waals surface area contributed by atoms with Gasteiger partial charge in [-0.1, -0.05) is 82.9 Å². The molecule has 20 heavy (non-hydrogen) atoms. The maximum absolute atomic E-state index is 2.22. The number of fused-ring (bicyclic) bond motifs is 1. The van der Waals surface area contributed by atoms with Crippen molar-refractivity contribution in [2.75, 3.05) is 0 Å². The zero-order chi connectivity index (χ0) is 14.5. The average Bonchev–Trinajstić information content (AvgIpc) is 2.43. The van der Waals surface area contributed by atoms with Crippen LogP contribution in [0.4, 0.5) is 0 Å². The topological polar surface area (TPSA) is 0 Å². The summed E-state index contributed by atoms with van der Waals surface area (Å²) in [6.45, 7) is 8.44. The van der Waals surface area contributed by atoms with E-state index in [9.17, 15) is 0 Å². The van der Waals surface area contributed by atoms with E-state index in [4.69, 9.17) is 0 Å². The summed E-state index contributed by atoms with van der Waals surface area (Å²) < 4.78 is 0. The fourth-order valence-corrected chi connectivity index (χ4v) is 2.12. The molecule has 0 nitrogen and oxygen atoms in total. The minimum absolute atomic E-state index is 1.33. The van der Waals surface area contributed by atoms with E-state index in [-0.39, 0.29) is 0 Å². The molecule has 0 unspecified atom stereocenters. The summed E-state index contributed by atoms with van der Waals surface area (Å²) in [4.78, 5) is 0. The molecule has 0 heterocycles. The van der Waals surface area contributed by atoms with E-state index in [1.54, 1.807) is 0 Å². The molecule has 0 spiro atoms. The van der Waals surface area contributed by atoms with Crippen molar-refractivity contribution in [3.8, 4) is 0 Å². The van der Waals surface area contributed by atoms with Gasteiger partial charge in [0, 0.05) is 0 Å². The Hall–Kier alpha value is -2.08. The van der Waals surface area contributed by atoms with Crippen molar-refractivity contribution in [3.05, 3.63) is 82.9 Å². The van der Waals surface area contributed by atoms with Crippen LogP contribution in [0.25, 0.3) is 10.8 Å². The highest BCUT2D eigenvalue weighted by atomic mass is 14.0. The number of hydrogen-bond donors (Lipinski definition) is 0. The Morgan fingerprint density at radius 2 is 0.700 bits per heavy atom. The van der Waals surface area contributed by atoms with Crippen LogP contribution >= 0.6 is 0 Å². The number of rotatable bonds is 0. The lowest BCUT2D eigenvalue weighted by molar-refractivity contribution is 1.40. The Kier molecular flexibility index (Phi) is 4.57. The highest BCUT2D eigenvalue weighted by Gasteiger charge is 1.92. The summed E-state index contributed by atoms with van der Waals surface area (Å²) >= 11 is 0. The molecule has 0 aliphatic heterocycles. The van der Waals surface area contributed by atoms with Gasteiger partial charge in [0.15, 0.2) is 0 Å². The summed E-state index contributed by atoms with van der Waals surface area (Å²) in [7, 11) is 0. The lowest BCUT2D eigenvalue weighted by atomic mass is 10.1.